The van der Waals surface area contributed by atoms with Crippen LogP contribution >= 0.6 is 0 Å². The summed E-state index contributed by atoms with van der Waals surface area (Å²) in [7, 11) is 0. The molecule has 4 nitrogen and oxygen atoms in total. The van der Waals surface area contributed by atoms with E-state index in [9.17, 15) is 9.18 Å². The van der Waals surface area contributed by atoms with Crippen LogP contribution in [-0.4, -0.2) is 25.0 Å². The highest BCUT2D eigenvalue weighted by Crippen LogP contribution is 2.25. The van der Waals surface area contributed by atoms with Crippen molar-refractivity contribution in [3.05, 3.63) is 24.0 Å². The van der Waals surface area contributed by atoms with E-state index in [2.05, 4.69) is 16.0 Å². The number of nitrogens with one attached hydrogen (secondary N) is 3. The molecule has 0 saturated carbocycles. The lowest BCUT2D eigenvalue weighted by molar-refractivity contribution is -0.120. The van der Waals surface area contributed by atoms with Crippen LogP contribution in [0.5, 0.6) is 0 Å². The average molecular weight is 279 g/mol. The Labute approximate surface area is 119 Å². The standard InChI is InChI=1S/C15H22FN3O/c1-10(2)18-14-8-12(16)5-6-13(14)19-15(20)11-4-3-7-17-9-11/h5-6,8,10-11,17-18H,3-4,7,9H2,1-2H3,(H,19,20). The van der Waals surface area contributed by atoms with Crippen molar-refractivity contribution in [2.75, 3.05) is 23.7 Å². The fraction of sp³-hybridized carbons (Fsp3) is 0.533. The molecule has 1 aliphatic heterocycles. The van der Waals surface area contributed by atoms with Gasteiger partial charge >= 0.3 is 0 Å². The molecule has 20 heavy (non-hydrogen) atoms. The first kappa shape index (κ1) is 14.8. The number of anilines is 2. The maximum Gasteiger partial charge on any atom is 0.228 e. The molecular formula is C15H22FN3O. The molecular weight excluding hydrogens is 257 g/mol. The zero-order valence-corrected chi connectivity index (χ0v) is 12.0. The summed E-state index contributed by atoms with van der Waals surface area (Å²) >= 11 is 0. The van der Waals surface area contributed by atoms with E-state index in [1.807, 2.05) is 13.8 Å². The molecule has 1 saturated heterocycles. The van der Waals surface area contributed by atoms with Crippen LogP contribution in [0.4, 0.5) is 15.8 Å². The lowest BCUT2D eigenvalue weighted by atomic mass is 9.98. The van der Waals surface area contributed by atoms with E-state index >= 15 is 0 Å². The largest absolute Gasteiger partial charge is 0.381 e. The first-order valence-corrected chi connectivity index (χ1v) is 7.14. The zero-order chi connectivity index (χ0) is 14.5. The molecule has 1 aromatic rings. The molecule has 0 aromatic heterocycles. The first-order valence-electron chi connectivity index (χ1n) is 7.14. The van der Waals surface area contributed by atoms with Crippen molar-refractivity contribution < 1.29 is 9.18 Å². The second-order valence-electron chi connectivity index (χ2n) is 5.52. The molecule has 0 bridgehead atoms. The molecule has 5 heteroatoms. The van der Waals surface area contributed by atoms with Gasteiger partial charge in [0.25, 0.3) is 0 Å². The lowest BCUT2D eigenvalue weighted by Crippen LogP contribution is -2.37. The van der Waals surface area contributed by atoms with Crippen molar-refractivity contribution in [1.82, 2.24) is 5.32 Å². The monoisotopic (exact) mass is 279 g/mol. The number of rotatable bonds is 4. The van der Waals surface area contributed by atoms with Gasteiger partial charge in [0.2, 0.25) is 5.91 Å². The third-order valence-corrected chi connectivity index (χ3v) is 3.35. The normalized spacial score (nSPS) is 18.9. The molecule has 3 N–H and O–H groups in total. The van der Waals surface area contributed by atoms with E-state index in [1.54, 1.807) is 6.07 Å². The predicted molar refractivity (Wildman–Crippen MR) is 79.4 cm³/mol. The van der Waals surface area contributed by atoms with Crippen LogP contribution in [0.15, 0.2) is 18.2 Å². The smallest absolute Gasteiger partial charge is 0.228 e. The Kier molecular flexibility index (Phi) is 4.95. The van der Waals surface area contributed by atoms with Gasteiger partial charge in [-0.1, -0.05) is 0 Å². The van der Waals surface area contributed by atoms with Crippen LogP contribution in [-0.2, 0) is 4.79 Å². The maximum absolute atomic E-state index is 13.3. The minimum atomic E-state index is -0.314. The number of halogens is 1. The molecule has 1 fully saturated rings. The molecule has 1 unspecified atom stereocenters. The third-order valence-electron chi connectivity index (χ3n) is 3.35. The first-order chi connectivity index (χ1) is 9.56. The zero-order valence-electron chi connectivity index (χ0n) is 12.0. The molecule has 1 aromatic carbocycles. The van der Waals surface area contributed by atoms with Crippen molar-refractivity contribution in [3.8, 4) is 0 Å². The van der Waals surface area contributed by atoms with Crippen molar-refractivity contribution in [2.45, 2.75) is 32.7 Å². The predicted octanol–water partition coefficient (Wildman–Crippen LogP) is 2.58. The Bertz CT molecular complexity index is 470. The summed E-state index contributed by atoms with van der Waals surface area (Å²) in [5, 5.41) is 9.28. The Balaban J connectivity index is 2.09. The molecule has 1 heterocycles. The molecule has 0 radical (unpaired) electrons. The number of amides is 1. The van der Waals surface area contributed by atoms with E-state index in [1.165, 1.54) is 12.1 Å². The summed E-state index contributed by atoms with van der Waals surface area (Å²) in [5.41, 5.74) is 1.26. The van der Waals surface area contributed by atoms with Crippen LogP contribution < -0.4 is 16.0 Å². The Hall–Kier alpha value is -1.62. The molecule has 0 aliphatic carbocycles. The highest BCUT2D eigenvalue weighted by Gasteiger charge is 2.21. The average Bonchev–Trinajstić information content (AvgIpc) is 2.42. The quantitative estimate of drug-likeness (QED) is 0.794. The molecule has 110 valence electrons. The molecule has 1 amide bonds. The van der Waals surface area contributed by atoms with Crippen molar-refractivity contribution in [3.63, 3.8) is 0 Å². The SMILES string of the molecule is CC(C)Nc1cc(F)ccc1NC(=O)C1CCCNC1. The van der Waals surface area contributed by atoms with E-state index in [0.29, 0.717) is 17.9 Å². The van der Waals surface area contributed by atoms with Gasteiger partial charge in [0, 0.05) is 12.6 Å². The van der Waals surface area contributed by atoms with Crippen LogP contribution in [0.25, 0.3) is 0 Å². The van der Waals surface area contributed by atoms with Crippen LogP contribution in [0.1, 0.15) is 26.7 Å². The highest BCUT2D eigenvalue weighted by molar-refractivity contribution is 5.95. The number of piperidine rings is 1. The maximum atomic E-state index is 13.3. The number of carbonyl (C=O) groups is 1. The number of benzene rings is 1. The lowest BCUT2D eigenvalue weighted by Gasteiger charge is -2.23. The van der Waals surface area contributed by atoms with E-state index in [4.69, 9.17) is 0 Å². The van der Waals surface area contributed by atoms with E-state index < -0.39 is 0 Å². The van der Waals surface area contributed by atoms with Crippen molar-refractivity contribution in [2.24, 2.45) is 5.92 Å². The van der Waals surface area contributed by atoms with Gasteiger partial charge in [-0.3, -0.25) is 4.79 Å². The number of hydrogen-bond acceptors (Lipinski definition) is 3. The summed E-state index contributed by atoms with van der Waals surface area (Å²) < 4.78 is 13.3. The Morgan fingerprint density at radius 1 is 1.40 bits per heavy atom. The summed E-state index contributed by atoms with van der Waals surface area (Å²) in [4.78, 5) is 12.2. The minimum absolute atomic E-state index is 0.00406. The van der Waals surface area contributed by atoms with Gasteiger partial charge in [0.05, 0.1) is 17.3 Å². The topological polar surface area (TPSA) is 53.2 Å². The molecule has 2 rings (SSSR count). The summed E-state index contributed by atoms with van der Waals surface area (Å²) in [6, 6.07) is 4.55. The summed E-state index contributed by atoms with van der Waals surface area (Å²) in [6.45, 7) is 5.63. The van der Waals surface area contributed by atoms with Gasteiger partial charge in [-0.05, 0) is 51.4 Å². The minimum Gasteiger partial charge on any atom is -0.381 e. The fourth-order valence-corrected chi connectivity index (χ4v) is 2.37. The van der Waals surface area contributed by atoms with Gasteiger partial charge in [-0.25, -0.2) is 4.39 Å². The van der Waals surface area contributed by atoms with Crippen LogP contribution in [0, 0.1) is 11.7 Å². The number of hydrogen-bond donors (Lipinski definition) is 3. The van der Waals surface area contributed by atoms with Crippen LogP contribution in [0.2, 0.25) is 0 Å². The van der Waals surface area contributed by atoms with E-state index in [-0.39, 0.29) is 23.7 Å². The van der Waals surface area contributed by atoms with Gasteiger partial charge in [0.15, 0.2) is 0 Å². The number of carbonyl (C=O) groups excluding carboxylic acids is 1. The second-order valence-corrected chi connectivity index (χ2v) is 5.52. The highest BCUT2D eigenvalue weighted by atomic mass is 19.1. The van der Waals surface area contributed by atoms with Crippen molar-refractivity contribution in [1.29, 1.82) is 0 Å². The summed E-state index contributed by atoms with van der Waals surface area (Å²) in [6.07, 6.45) is 1.91. The Morgan fingerprint density at radius 2 is 2.20 bits per heavy atom. The van der Waals surface area contributed by atoms with Crippen LogP contribution in [0.3, 0.4) is 0 Å². The fourth-order valence-electron chi connectivity index (χ4n) is 2.37. The molecule has 0 spiro atoms. The van der Waals surface area contributed by atoms with E-state index in [0.717, 1.165) is 19.4 Å². The van der Waals surface area contributed by atoms with Gasteiger partial charge in [0.1, 0.15) is 5.82 Å². The van der Waals surface area contributed by atoms with Crippen molar-refractivity contribution >= 4 is 17.3 Å². The second kappa shape index (κ2) is 6.70. The third kappa shape index (κ3) is 3.93. The van der Waals surface area contributed by atoms with Gasteiger partial charge in [-0.15, -0.1) is 0 Å². The Morgan fingerprint density at radius 3 is 2.85 bits per heavy atom. The van der Waals surface area contributed by atoms with Gasteiger partial charge in [-0.2, -0.15) is 0 Å². The van der Waals surface area contributed by atoms with Gasteiger partial charge < -0.3 is 16.0 Å². The molecule has 1 atom stereocenters. The molecule has 1 aliphatic rings. The summed E-state index contributed by atoms with van der Waals surface area (Å²) in [5.74, 6) is -0.332.